The maximum absolute atomic E-state index is 12.0. The van der Waals surface area contributed by atoms with E-state index in [0.717, 1.165) is 36.5 Å². The lowest BCUT2D eigenvalue weighted by Crippen LogP contribution is -2.41. The molecule has 1 saturated heterocycles. The quantitative estimate of drug-likeness (QED) is 0.748. The molecule has 1 aliphatic rings. The first kappa shape index (κ1) is 16.2. The van der Waals surface area contributed by atoms with Crippen LogP contribution >= 0.6 is 11.6 Å². The third-order valence-corrected chi connectivity index (χ3v) is 4.22. The van der Waals surface area contributed by atoms with Crippen molar-refractivity contribution in [2.75, 3.05) is 13.1 Å². The smallest absolute Gasteiger partial charge is 0.410 e. The third kappa shape index (κ3) is 4.37. The zero-order valence-electron chi connectivity index (χ0n) is 13.3. The van der Waals surface area contributed by atoms with Crippen molar-refractivity contribution in [3.63, 3.8) is 0 Å². The van der Waals surface area contributed by atoms with Crippen LogP contribution in [0.1, 0.15) is 50.7 Å². The van der Waals surface area contributed by atoms with Gasteiger partial charge < -0.3 is 9.64 Å². The summed E-state index contributed by atoms with van der Waals surface area (Å²) in [5.41, 5.74) is 2.01. The summed E-state index contributed by atoms with van der Waals surface area (Å²) < 4.78 is 5.42. The lowest BCUT2D eigenvalue weighted by atomic mass is 9.89. The maximum atomic E-state index is 12.0. The van der Waals surface area contributed by atoms with Crippen molar-refractivity contribution in [3.05, 3.63) is 34.3 Å². The average Bonchev–Trinajstić information content (AvgIpc) is 2.40. The molecule has 1 aromatic rings. The number of ether oxygens (including phenoxy) is 1. The highest BCUT2D eigenvalue weighted by molar-refractivity contribution is 6.31. The van der Waals surface area contributed by atoms with Gasteiger partial charge in [0.1, 0.15) is 5.60 Å². The van der Waals surface area contributed by atoms with Crippen LogP contribution in [0.15, 0.2) is 18.2 Å². The molecule has 4 heteroatoms. The van der Waals surface area contributed by atoms with Gasteiger partial charge in [-0.2, -0.15) is 0 Å². The van der Waals surface area contributed by atoms with Crippen molar-refractivity contribution >= 4 is 17.7 Å². The molecule has 116 valence electrons. The van der Waals surface area contributed by atoms with Crippen LogP contribution < -0.4 is 0 Å². The maximum Gasteiger partial charge on any atom is 0.410 e. The lowest BCUT2D eigenvalue weighted by Gasteiger charge is -2.33. The Hall–Kier alpha value is -1.22. The van der Waals surface area contributed by atoms with Crippen LogP contribution in [0, 0.1) is 6.92 Å². The van der Waals surface area contributed by atoms with Crippen LogP contribution in [0.4, 0.5) is 4.79 Å². The topological polar surface area (TPSA) is 29.5 Å². The SMILES string of the molecule is Cc1cc(C2CCN(C(=O)OC(C)(C)C)CC2)ccc1Cl. The first-order chi connectivity index (χ1) is 9.76. The van der Waals surface area contributed by atoms with Gasteiger partial charge in [-0.05, 0) is 63.6 Å². The molecule has 0 spiro atoms. The zero-order chi connectivity index (χ0) is 15.6. The minimum Gasteiger partial charge on any atom is -0.444 e. The lowest BCUT2D eigenvalue weighted by molar-refractivity contribution is 0.0205. The van der Waals surface area contributed by atoms with Crippen molar-refractivity contribution in [3.8, 4) is 0 Å². The first-order valence-corrected chi connectivity index (χ1v) is 7.88. The van der Waals surface area contributed by atoms with Gasteiger partial charge in [0.05, 0.1) is 0 Å². The van der Waals surface area contributed by atoms with Crippen molar-refractivity contribution in [2.24, 2.45) is 0 Å². The molecule has 0 saturated carbocycles. The van der Waals surface area contributed by atoms with Crippen molar-refractivity contribution < 1.29 is 9.53 Å². The van der Waals surface area contributed by atoms with E-state index in [9.17, 15) is 4.79 Å². The molecule has 1 amide bonds. The number of likely N-dealkylation sites (tertiary alicyclic amines) is 1. The normalized spacial score (nSPS) is 16.9. The molecule has 1 heterocycles. The highest BCUT2D eigenvalue weighted by Crippen LogP contribution is 2.30. The molecule has 3 nitrogen and oxygen atoms in total. The number of aryl methyl sites for hydroxylation is 1. The number of hydrogen-bond donors (Lipinski definition) is 0. The summed E-state index contributed by atoms with van der Waals surface area (Å²) in [4.78, 5) is 13.9. The number of hydrogen-bond acceptors (Lipinski definition) is 2. The number of nitrogens with zero attached hydrogens (tertiary/aromatic N) is 1. The van der Waals surface area contributed by atoms with Crippen LogP contribution in [0.25, 0.3) is 0 Å². The van der Waals surface area contributed by atoms with Crippen molar-refractivity contribution in [2.45, 2.75) is 52.1 Å². The summed E-state index contributed by atoms with van der Waals surface area (Å²) in [6.07, 6.45) is 1.74. The van der Waals surface area contributed by atoms with Crippen LogP contribution in [-0.2, 0) is 4.74 Å². The molecule has 0 atom stereocenters. The van der Waals surface area contributed by atoms with Gasteiger partial charge in [-0.3, -0.25) is 0 Å². The van der Waals surface area contributed by atoms with E-state index in [-0.39, 0.29) is 6.09 Å². The van der Waals surface area contributed by atoms with Gasteiger partial charge in [-0.15, -0.1) is 0 Å². The molecule has 0 bridgehead atoms. The van der Waals surface area contributed by atoms with Gasteiger partial charge >= 0.3 is 6.09 Å². The summed E-state index contributed by atoms with van der Waals surface area (Å²) in [6.45, 7) is 9.22. The summed E-state index contributed by atoms with van der Waals surface area (Å²) in [7, 11) is 0. The molecule has 0 aromatic heterocycles. The molecule has 2 rings (SSSR count). The Morgan fingerprint density at radius 3 is 2.43 bits per heavy atom. The van der Waals surface area contributed by atoms with Crippen LogP contribution in [0.2, 0.25) is 5.02 Å². The molecule has 0 aliphatic carbocycles. The largest absolute Gasteiger partial charge is 0.444 e. The van der Waals surface area contributed by atoms with Gasteiger partial charge in [0.15, 0.2) is 0 Å². The van der Waals surface area contributed by atoms with Gasteiger partial charge in [-0.1, -0.05) is 23.7 Å². The van der Waals surface area contributed by atoms with Crippen molar-refractivity contribution in [1.29, 1.82) is 0 Å². The number of amides is 1. The third-order valence-electron chi connectivity index (χ3n) is 3.80. The summed E-state index contributed by atoms with van der Waals surface area (Å²) in [5.74, 6) is 0.500. The van der Waals surface area contributed by atoms with Gasteiger partial charge in [0, 0.05) is 18.1 Å². The van der Waals surface area contributed by atoms with E-state index < -0.39 is 5.60 Å². The molecule has 1 fully saturated rings. The Balaban J connectivity index is 1.94. The minimum atomic E-state index is -0.429. The van der Waals surface area contributed by atoms with E-state index in [4.69, 9.17) is 16.3 Å². The summed E-state index contributed by atoms with van der Waals surface area (Å²) >= 11 is 6.08. The minimum absolute atomic E-state index is 0.201. The Bertz CT molecular complexity index is 514. The fraction of sp³-hybridized carbons (Fsp3) is 0.588. The predicted molar refractivity (Wildman–Crippen MR) is 86.0 cm³/mol. The second-order valence-electron chi connectivity index (χ2n) is 6.75. The Kier molecular flexibility index (Phi) is 4.82. The zero-order valence-corrected chi connectivity index (χ0v) is 14.0. The molecule has 0 unspecified atom stereocenters. The molecule has 0 radical (unpaired) electrons. The fourth-order valence-corrected chi connectivity index (χ4v) is 2.76. The first-order valence-electron chi connectivity index (χ1n) is 7.50. The summed E-state index contributed by atoms with van der Waals surface area (Å²) in [6, 6.07) is 6.23. The van der Waals surface area contributed by atoms with E-state index in [2.05, 4.69) is 12.1 Å². The van der Waals surface area contributed by atoms with Crippen LogP contribution in [0.3, 0.4) is 0 Å². The predicted octanol–water partition coefficient (Wildman–Crippen LogP) is 4.76. The van der Waals surface area contributed by atoms with Crippen LogP contribution in [-0.4, -0.2) is 29.7 Å². The fourth-order valence-electron chi connectivity index (χ4n) is 2.64. The van der Waals surface area contributed by atoms with Gasteiger partial charge in [-0.25, -0.2) is 4.79 Å². The number of halogens is 1. The number of benzene rings is 1. The number of carbonyl (C=O) groups is 1. The van der Waals surface area contributed by atoms with Gasteiger partial charge in [0.2, 0.25) is 0 Å². The summed E-state index contributed by atoms with van der Waals surface area (Å²) in [5, 5.41) is 0.810. The van der Waals surface area contributed by atoms with Crippen molar-refractivity contribution in [1.82, 2.24) is 4.90 Å². The van der Waals surface area contributed by atoms with E-state index >= 15 is 0 Å². The number of rotatable bonds is 1. The number of piperidine rings is 1. The monoisotopic (exact) mass is 309 g/mol. The standard InChI is InChI=1S/C17H24ClNO2/c1-12-11-14(5-6-15(12)18)13-7-9-19(10-8-13)16(20)21-17(2,3)4/h5-6,11,13H,7-10H2,1-4H3. The van der Waals surface area contributed by atoms with E-state index in [1.54, 1.807) is 0 Å². The molecule has 21 heavy (non-hydrogen) atoms. The molecular formula is C17H24ClNO2. The van der Waals surface area contributed by atoms with E-state index in [0.29, 0.717) is 5.92 Å². The molecule has 0 N–H and O–H groups in total. The molecule has 1 aromatic carbocycles. The second-order valence-corrected chi connectivity index (χ2v) is 7.16. The Morgan fingerprint density at radius 2 is 1.90 bits per heavy atom. The van der Waals surface area contributed by atoms with E-state index in [1.165, 1.54) is 5.56 Å². The molecule has 1 aliphatic heterocycles. The Morgan fingerprint density at radius 1 is 1.29 bits per heavy atom. The highest BCUT2D eigenvalue weighted by atomic mass is 35.5. The highest BCUT2D eigenvalue weighted by Gasteiger charge is 2.27. The number of carbonyl (C=O) groups excluding carboxylic acids is 1. The van der Waals surface area contributed by atoms with Crippen LogP contribution in [0.5, 0.6) is 0 Å². The average molecular weight is 310 g/mol. The second kappa shape index (κ2) is 6.27. The van der Waals surface area contributed by atoms with E-state index in [1.807, 2.05) is 38.7 Å². The van der Waals surface area contributed by atoms with Gasteiger partial charge in [0.25, 0.3) is 0 Å². The Labute approximate surface area is 132 Å². The molecular weight excluding hydrogens is 286 g/mol.